The number of ether oxygens (including phenoxy) is 4. The molecule has 0 aliphatic carbocycles. The molecule has 4 rings (SSSR count). The Kier molecular flexibility index (Phi) is 17.9. The Morgan fingerprint density at radius 1 is 0.690 bits per heavy atom. The number of Topliss-reactive ketones (excluding diaryl/α,β-unsaturated/α-hetero) is 2. The number of phenolic OH excluding ortho intramolecular Hbond substituents is 2. The van der Waals surface area contributed by atoms with Crippen LogP contribution in [0.5, 0.6) is 34.5 Å². The number of nitro groups is 1. The number of anilines is 1. The number of aliphatic hydroxyl groups excluding tert-OH is 2. The van der Waals surface area contributed by atoms with Crippen LogP contribution in [-0.4, -0.2) is 75.6 Å². The van der Waals surface area contributed by atoms with Gasteiger partial charge in [0, 0.05) is 28.4 Å². The van der Waals surface area contributed by atoms with Gasteiger partial charge in [-0.2, -0.15) is 0 Å². The van der Waals surface area contributed by atoms with Crippen LogP contribution in [0.3, 0.4) is 0 Å². The van der Waals surface area contributed by atoms with Crippen molar-refractivity contribution in [3.05, 3.63) is 102 Å². The summed E-state index contributed by atoms with van der Waals surface area (Å²) in [5.74, 6) is 0.606. The van der Waals surface area contributed by atoms with Crippen LogP contribution in [0.1, 0.15) is 83.5 Å². The third kappa shape index (κ3) is 12.9. The van der Waals surface area contributed by atoms with E-state index in [1.807, 2.05) is 20.8 Å². The number of rotatable bonds is 19. The molecule has 4 aromatic carbocycles. The number of aryl methyl sites for hydroxylation is 2. The fourth-order valence-corrected chi connectivity index (χ4v) is 6.17. The minimum atomic E-state index is -1.06. The molecule has 16 heteroatoms. The average molecular weight is 846 g/mol. The third-order valence-corrected chi connectivity index (χ3v) is 9.32. The number of carbonyl (C=O) groups excluding carboxylic acids is 2. The lowest BCUT2D eigenvalue weighted by Gasteiger charge is -2.18. The number of nitrogens with two attached hydrogens (primary N) is 1. The van der Waals surface area contributed by atoms with Gasteiger partial charge >= 0.3 is 0 Å². The number of carbonyl (C=O) groups is 2. The molecular weight excluding hydrogens is 795 g/mol. The Bertz CT molecular complexity index is 2090. The zero-order valence-electron chi connectivity index (χ0n) is 33.3. The molecule has 0 radical (unpaired) electrons. The van der Waals surface area contributed by atoms with Crippen molar-refractivity contribution in [2.75, 3.05) is 32.2 Å². The second kappa shape index (κ2) is 22.0. The van der Waals surface area contributed by atoms with Crippen LogP contribution in [0, 0.1) is 24.0 Å². The van der Waals surface area contributed by atoms with Gasteiger partial charge in [-0.1, -0.05) is 49.9 Å². The summed E-state index contributed by atoms with van der Waals surface area (Å²) in [6.45, 7) is 9.62. The first-order valence-corrected chi connectivity index (χ1v) is 19.2. The van der Waals surface area contributed by atoms with Crippen LogP contribution >= 0.6 is 23.2 Å². The highest BCUT2D eigenvalue weighted by Gasteiger charge is 2.20. The Morgan fingerprint density at radius 3 is 1.45 bits per heavy atom. The number of ketones is 2. The van der Waals surface area contributed by atoms with Crippen molar-refractivity contribution in [2.24, 2.45) is 0 Å². The van der Waals surface area contributed by atoms with Crippen molar-refractivity contribution in [2.45, 2.75) is 79.4 Å². The van der Waals surface area contributed by atoms with Crippen LogP contribution in [-0.2, 0) is 12.8 Å². The summed E-state index contributed by atoms with van der Waals surface area (Å²) in [7, 11) is 0. The Morgan fingerprint density at radius 2 is 1.07 bits per heavy atom. The van der Waals surface area contributed by atoms with Gasteiger partial charge in [0.1, 0.15) is 73.1 Å². The molecule has 0 fully saturated rings. The molecule has 0 amide bonds. The summed E-state index contributed by atoms with van der Waals surface area (Å²) in [5, 5.41) is 52.7. The van der Waals surface area contributed by atoms with Crippen molar-refractivity contribution < 1.29 is 53.9 Å². The standard InChI is InChI=1S/C21H24ClNO7.C21H26ClNO5/c1-4-5-16-19(7-6-15(13(3)24)21(16)26)29-10-14(25)11-30-20-9-18(23(27)28)12(2)8-17(20)22;1-4-5-16-19(7-6-15(13(3)24)21(16)26)27-10-14(25)11-28-20-9-18(23)12(2)8-17(20)22/h6-9,14,25-26H,4-5,10-11H2,1-3H3;6-9,14,25-26H,4-5,10-11,23H2,1-3H3. The molecule has 0 aliphatic rings. The minimum absolute atomic E-state index is 0.0388. The van der Waals surface area contributed by atoms with E-state index in [4.69, 9.17) is 47.9 Å². The number of benzene rings is 4. The van der Waals surface area contributed by atoms with Crippen LogP contribution in [0.4, 0.5) is 11.4 Å². The number of nitro benzene ring substituents is 1. The van der Waals surface area contributed by atoms with Crippen molar-refractivity contribution in [3.63, 3.8) is 0 Å². The topological polar surface area (TPSA) is 221 Å². The number of aromatic hydroxyl groups is 2. The first-order valence-electron chi connectivity index (χ1n) is 18.5. The zero-order chi connectivity index (χ0) is 43.3. The summed E-state index contributed by atoms with van der Waals surface area (Å²) >= 11 is 12.2. The minimum Gasteiger partial charge on any atom is -0.507 e. The van der Waals surface area contributed by atoms with Gasteiger partial charge in [-0.05, 0) is 82.5 Å². The molecule has 314 valence electrons. The summed E-state index contributed by atoms with van der Waals surface area (Å²) in [4.78, 5) is 33.8. The maximum atomic E-state index is 11.6. The SMILES string of the molecule is CCCc1c(OCC(O)COc2cc(N)c(C)cc2Cl)ccc(C(C)=O)c1O.CCCc1c(OCC(O)COc2cc([N+](=O)[O-])c(C)cc2Cl)ccc(C(C)=O)c1O. The van der Waals surface area contributed by atoms with Gasteiger partial charge in [-0.25, -0.2) is 0 Å². The molecule has 0 spiro atoms. The molecule has 0 aliphatic heterocycles. The van der Waals surface area contributed by atoms with E-state index in [9.17, 15) is 40.1 Å². The van der Waals surface area contributed by atoms with E-state index < -0.39 is 17.1 Å². The zero-order valence-corrected chi connectivity index (χ0v) is 34.8. The van der Waals surface area contributed by atoms with Crippen LogP contribution in [0.15, 0.2) is 48.5 Å². The first-order chi connectivity index (χ1) is 27.4. The molecule has 2 unspecified atom stereocenters. The van der Waals surface area contributed by atoms with Gasteiger partial charge in [0.15, 0.2) is 11.6 Å². The van der Waals surface area contributed by atoms with Gasteiger partial charge in [-0.3, -0.25) is 19.7 Å². The Hall–Kier alpha value is -5.28. The number of hydrogen-bond acceptors (Lipinski definition) is 13. The van der Waals surface area contributed by atoms with Crippen molar-refractivity contribution >= 4 is 46.1 Å². The lowest BCUT2D eigenvalue weighted by atomic mass is 10.0. The summed E-state index contributed by atoms with van der Waals surface area (Å²) in [6.07, 6.45) is 0.546. The smallest absolute Gasteiger partial charge is 0.276 e. The van der Waals surface area contributed by atoms with Gasteiger partial charge in [0.25, 0.3) is 5.69 Å². The summed E-state index contributed by atoms with van der Waals surface area (Å²) < 4.78 is 22.3. The Balaban J connectivity index is 0.000000311. The van der Waals surface area contributed by atoms with Crippen LogP contribution < -0.4 is 24.7 Å². The number of aliphatic hydroxyl groups is 2. The number of halogens is 2. The fourth-order valence-electron chi connectivity index (χ4n) is 5.63. The van der Waals surface area contributed by atoms with Crippen molar-refractivity contribution in [1.82, 2.24) is 0 Å². The highest BCUT2D eigenvalue weighted by Crippen LogP contribution is 2.36. The highest BCUT2D eigenvalue weighted by atomic mass is 35.5. The van der Waals surface area contributed by atoms with E-state index in [0.29, 0.717) is 57.5 Å². The molecular formula is C42H50Cl2N2O12. The lowest BCUT2D eigenvalue weighted by molar-refractivity contribution is -0.385. The van der Waals surface area contributed by atoms with Crippen molar-refractivity contribution in [1.29, 1.82) is 0 Å². The molecule has 0 aromatic heterocycles. The van der Waals surface area contributed by atoms with Gasteiger partial charge < -0.3 is 45.1 Å². The predicted octanol–water partition coefficient (Wildman–Crippen LogP) is 8.15. The summed E-state index contributed by atoms with van der Waals surface area (Å²) in [6, 6.07) is 12.2. The molecule has 0 saturated carbocycles. The summed E-state index contributed by atoms with van der Waals surface area (Å²) in [5.41, 5.74) is 9.03. The maximum Gasteiger partial charge on any atom is 0.276 e. The normalized spacial score (nSPS) is 11.8. The van der Waals surface area contributed by atoms with Crippen LogP contribution in [0.2, 0.25) is 10.0 Å². The largest absolute Gasteiger partial charge is 0.507 e. The number of nitrogens with zero attached hydrogens (tertiary/aromatic N) is 1. The predicted molar refractivity (Wildman–Crippen MR) is 222 cm³/mol. The molecule has 0 heterocycles. The van der Waals surface area contributed by atoms with Gasteiger partial charge in [-0.15, -0.1) is 0 Å². The lowest BCUT2D eigenvalue weighted by Crippen LogP contribution is -2.25. The third-order valence-electron chi connectivity index (χ3n) is 8.73. The molecule has 14 nitrogen and oxygen atoms in total. The van der Waals surface area contributed by atoms with Gasteiger partial charge in [0.2, 0.25) is 0 Å². The number of phenols is 2. The number of hydrogen-bond donors (Lipinski definition) is 5. The molecule has 0 saturated heterocycles. The highest BCUT2D eigenvalue weighted by molar-refractivity contribution is 6.32. The van der Waals surface area contributed by atoms with E-state index in [0.717, 1.165) is 18.4 Å². The monoisotopic (exact) mass is 844 g/mol. The fraction of sp³-hybridized carbons (Fsp3) is 0.381. The molecule has 6 N–H and O–H groups in total. The quantitative estimate of drug-likeness (QED) is 0.0261. The molecule has 2 atom stereocenters. The second-order valence-corrected chi connectivity index (χ2v) is 14.3. The average Bonchev–Trinajstić information content (AvgIpc) is 3.15. The van der Waals surface area contributed by atoms with Crippen molar-refractivity contribution in [3.8, 4) is 34.5 Å². The van der Waals surface area contributed by atoms with E-state index in [1.165, 1.54) is 38.1 Å². The maximum absolute atomic E-state index is 11.6. The van der Waals surface area contributed by atoms with Crippen LogP contribution in [0.25, 0.3) is 0 Å². The Labute approximate surface area is 347 Å². The van der Waals surface area contributed by atoms with E-state index in [1.54, 1.807) is 31.2 Å². The first kappa shape index (κ1) is 47.1. The second-order valence-electron chi connectivity index (χ2n) is 13.5. The number of nitrogen functional groups attached to an aromatic ring is 1. The molecule has 58 heavy (non-hydrogen) atoms. The van der Waals surface area contributed by atoms with Gasteiger partial charge in [0.05, 0.1) is 32.2 Å². The van der Waals surface area contributed by atoms with E-state index in [-0.39, 0.29) is 77.1 Å². The molecule has 4 aromatic rings. The molecule has 0 bridgehead atoms. The van der Waals surface area contributed by atoms with E-state index in [2.05, 4.69) is 0 Å². The van der Waals surface area contributed by atoms with E-state index >= 15 is 0 Å².